The highest BCUT2D eigenvalue weighted by Gasteiger charge is 2.49. The number of hydrogen-bond acceptors (Lipinski definition) is 3. The summed E-state index contributed by atoms with van der Waals surface area (Å²) in [4.78, 5) is 5.48. The van der Waals surface area contributed by atoms with Crippen molar-refractivity contribution in [2.75, 3.05) is 9.80 Å². The molecule has 3 aliphatic carbocycles. The number of thiophene rings is 1. The van der Waals surface area contributed by atoms with Gasteiger partial charge in [0, 0.05) is 33.1 Å². The van der Waals surface area contributed by atoms with E-state index in [1.54, 1.807) is 0 Å². The summed E-state index contributed by atoms with van der Waals surface area (Å²) in [5.74, 6) is 0. The summed E-state index contributed by atoms with van der Waals surface area (Å²) in [6.07, 6.45) is 7.15. The van der Waals surface area contributed by atoms with Gasteiger partial charge in [-0.15, -0.1) is 11.3 Å². The molecule has 7 aromatic rings. The SMILES string of the molecule is Cc1cc2c(cc1N1c3cc(C(C)(C)C)ccc3B3c4c1cc(-c1ccccc1)cc4N(c1ccc4c(c1)C(C)(C)CCC4(C)C)c1sc4cc5c(cc4c13)C(C)(C)CCC5(C)C)C(C)(C)CCC2(C)C. The minimum atomic E-state index is -0.0369. The van der Waals surface area contributed by atoms with Crippen LogP contribution in [-0.2, 0) is 37.9 Å². The van der Waals surface area contributed by atoms with E-state index in [4.69, 9.17) is 0 Å². The molecular formula is C67H77BN2S. The van der Waals surface area contributed by atoms with Gasteiger partial charge >= 0.3 is 0 Å². The molecule has 0 spiro atoms. The van der Waals surface area contributed by atoms with Gasteiger partial charge < -0.3 is 9.80 Å². The number of anilines is 6. The number of nitrogens with zero attached hydrogens (tertiary/aromatic N) is 2. The summed E-state index contributed by atoms with van der Waals surface area (Å²) in [5, 5.41) is 2.80. The second kappa shape index (κ2) is 15.0. The lowest BCUT2D eigenvalue weighted by Gasteiger charge is -2.46. The molecule has 0 unspecified atom stereocenters. The smallest absolute Gasteiger partial charge is 0.254 e. The first-order valence-corrected chi connectivity index (χ1v) is 27.9. The maximum Gasteiger partial charge on any atom is 0.254 e. The lowest BCUT2D eigenvalue weighted by atomic mass is 9.33. The van der Waals surface area contributed by atoms with Crippen LogP contribution in [0.3, 0.4) is 0 Å². The molecule has 4 heteroatoms. The van der Waals surface area contributed by atoms with Gasteiger partial charge in [0.25, 0.3) is 6.71 Å². The van der Waals surface area contributed by atoms with Crippen molar-refractivity contribution in [2.24, 2.45) is 0 Å². The van der Waals surface area contributed by atoms with E-state index in [1.165, 1.54) is 154 Å². The predicted molar refractivity (Wildman–Crippen MR) is 311 cm³/mol. The molecule has 0 saturated heterocycles. The maximum absolute atomic E-state index is 2.74. The van der Waals surface area contributed by atoms with Crippen molar-refractivity contribution in [2.45, 2.75) is 187 Å². The molecule has 0 fully saturated rings. The summed E-state index contributed by atoms with van der Waals surface area (Å²) in [6, 6.07) is 42.1. The van der Waals surface area contributed by atoms with Crippen molar-refractivity contribution in [1.29, 1.82) is 0 Å². The van der Waals surface area contributed by atoms with E-state index in [0.29, 0.717) is 0 Å². The van der Waals surface area contributed by atoms with Gasteiger partial charge in [-0.25, -0.2) is 0 Å². The number of rotatable bonds is 3. The van der Waals surface area contributed by atoms with Gasteiger partial charge in [0.05, 0.1) is 5.00 Å². The Balaban J connectivity index is 1.24. The molecule has 2 nitrogen and oxygen atoms in total. The number of hydrogen-bond donors (Lipinski definition) is 0. The first kappa shape index (κ1) is 47.0. The highest BCUT2D eigenvalue weighted by atomic mass is 32.1. The Bertz CT molecular complexity index is 3390. The first-order chi connectivity index (χ1) is 33.2. The fraction of sp³-hybridized carbons (Fsp3) is 0.433. The van der Waals surface area contributed by atoms with Gasteiger partial charge in [-0.2, -0.15) is 0 Å². The van der Waals surface area contributed by atoms with E-state index in [9.17, 15) is 0 Å². The Hall–Kier alpha value is -5.06. The van der Waals surface area contributed by atoms with Crippen molar-refractivity contribution in [3.63, 3.8) is 0 Å². The third-order valence-electron chi connectivity index (χ3n) is 19.1. The molecule has 12 rings (SSSR count). The van der Waals surface area contributed by atoms with Crippen LogP contribution in [0.4, 0.5) is 33.4 Å². The highest BCUT2D eigenvalue weighted by Crippen LogP contribution is 2.56. The van der Waals surface area contributed by atoms with Crippen molar-refractivity contribution in [3.8, 4) is 11.1 Å². The molecule has 6 aromatic carbocycles. The van der Waals surface area contributed by atoms with Gasteiger partial charge in [-0.05, 0) is 209 Å². The molecule has 2 aliphatic heterocycles. The highest BCUT2D eigenvalue weighted by molar-refractivity contribution is 7.26. The fourth-order valence-electron chi connectivity index (χ4n) is 14.0. The average molecular weight is 953 g/mol. The lowest BCUT2D eigenvalue weighted by Crippen LogP contribution is -2.61. The third kappa shape index (κ3) is 6.98. The van der Waals surface area contributed by atoms with Crippen LogP contribution in [0, 0.1) is 6.92 Å². The monoisotopic (exact) mass is 953 g/mol. The molecule has 0 atom stereocenters. The largest absolute Gasteiger partial charge is 0.311 e. The second-order valence-corrected chi connectivity index (χ2v) is 28.9. The standard InChI is InChI=1S/C67H77BN2S/c1-40-32-47-50(66(13,14)30-28-63(47,7)8)38-53(40)70-54-35-43(61(2,3)4)22-25-52(54)68-58-45-37-49-51(67(15,16)31-29-65(49,11)12)39-57(45)71-60(58)69(44-23-24-46-48(36-44)64(9,10)27-26-62(46,5)6)55-33-42(34-56(70)59(55)68)41-20-18-17-19-21-41/h17-25,32-39H,26-31H2,1-16H3. The molecule has 0 N–H and O–H groups in total. The molecule has 0 saturated carbocycles. The van der Waals surface area contributed by atoms with Gasteiger partial charge in [0.1, 0.15) is 0 Å². The van der Waals surface area contributed by atoms with E-state index in [-0.39, 0.29) is 44.6 Å². The van der Waals surface area contributed by atoms with Gasteiger partial charge in [0.15, 0.2) is 0 Å². The first-order valence-electron chi connectivity index (χ1n) is 27.1. The molecule has 0 bridgehead atoms. The van der Waals surface area contributed by atoms with E-state index in [0.717, 1.165) is 0 Å². The van der Waals surface area contributed by atoms with Crippen LogP contribution in [0.2, 0.25) is 0 Å². The van der Waals surface area contributed by atoms with E-state index in [2.05, 4.69) is 224 Å². The zero-order valence-electron chi connectivity index (χ0n) is 45.9. The Kier molecular flexibility index (Phi) is 9.94. The minimum absolute atomic E-state index is 0.0316. The van der Waals surface area contributed by atoms with Crippen molar-refractivity contribution in [1.82, 2.24) is 0 Å². The summed E-state index contributed by atoms with van der Waals surface area (Å²) < 4.78 is 1.41. The van der Waals surface area contributed by atoms with Gasteiger partial charge in [-0.3, -0.25) is 0 Å². The van der Waals surface area contributed by atoms with Crippen LogP contribution in [0.25, 0.3) is 21.2 Å². The number of aryl methyl sites for hydroxylation is 1. The van der Waals surface area contributed by atoms with Crippen LogP contribution < -0.4 is 26.2 Å². The molecule has 71 heavy (non-hydrogen) atoms. The van der Waals surface area contributed by atoms with Crippen LogP contribution in [-0.4, -0.2) is 6.71 Å². The Morgan fingerprint density at radius 3 is 1.56 bits per heavy atom. The maximum atomic E-state index is 2.74. The van der Waals surface area contributed by atoms with E-state index < -0.39 is 0 Å². The molecule has 0 radical (unpaired) electrons. The molecule has 1 aromatic heterocycles. The normalized spacial score (nSPS) is 20.4. The molecular weight excluding hydrogens is 876 g/mol. The molecule has 3 heterocycles. The summed E-state index contributed by atoms with van der Waals surface area (Å²) in [5.41, 5.74) is 25.6. The predicted octanol–water partition coefficient (Wildman–Crippen LogP) is 17.3. The summed E-state index contributed by atoms with van der Waals surface area (Å²) >= 11 is 2.04. The van der Waals surface area contributed by atoms with Crippen molar-refractivity contribution < 1.29 is 0 Å². The minimum Gasteiger partial charge on any atom is -0.311 e. The Morgan fingerprint density at radius 2 is 0.972 bits per heavy atom. The van der Waals surface area contributed by atoms with Gasteiger partial charge in [-0.1, -0.05) is 158 Å². The summed E-state index contributed by atoms with van der Waals surface area (Å²) in [7, 11) is 0. The molecule has 364 valence electrons. The van der Waals surface area contributed by atoms with Crippen LogP contribution in [0.15, 0.2) is 103 Å². The quantitative estimate of drug-likeness (QED) is 0.163. The van der Waals surface area contributed by atoms with Crippen molar-refractivity contribution >= 4 is 78.0 Å². The number of benzene rings is 6. The average Bonchev–Trinajstić information content (AvgIpc) is 3.68. The van der Waals surface area contributed by atoms with E-state index in [1.807, 2.05) is 11.3 Å². The summed E-state index contributed by atoms with van der Waals surface area (Å²) in [6.45, 7) is 39.3. The van der Waals surface area contributed by atoms with E-state index >= 15 is 0 Å². The van der Waals surface area contributed by atoms with Crippen LogP contribution in [0.1, 0.15) is 187 Å². The third-order valence-corrected chi connectivity index (χ3v) is 20.3. The molecule has 5 aliphatic rings. The fourth-order valence-corrected chi connectivity index (χ4v) is 15.3. The number of fused-ring (bicyclic) bond motifs is 9. The van der Waals surface area contributed by atoms with Crippen LogP contribution in [0.5, 0.6) is 0 Å². The second-order valence-electron chi connectivity index (χ2n) is 27.9. The van der Waals surface area contributed by atoms with Gasteiger partial charge in [0.2, 0.25) is 0 Å². The Labute approximate surface area is 431 Å². The zero-order chi connectivity index (χ0) is 50.3. The lowest BCUT2D eigenvalue weighted by molar-refractivity contribution is 0.332. The van der Waals surface area contributed by atoms with Crippen molar-refractivity contribution in [3.05, 3.63) is 148 Å². The molecule has 0 amide bonds. The zero-order valence-corrected chi connectivity index (χ0v) is 46.8. The topological polar surface area (TPSA) is 6.48 Å². The Morgan fingerprint density at radius 1 is 0.451 bits per heavy atom. The van der Waals surface area contributed by atoms with Crippen LogP contribution >= 0.6 is 11.3 Å².